The van der Waals surface area contributed by atoms with Gasteiger partial charge in [0.05, 0.1) is 0 Å². The number of rotatable bonds is 7. The maximum atomic E-state index is 12.9. The van der Waals surface area contributed by atoms with E-state index in [9.17, 15) is 4.79 Å². The Kier molecular flexibility index (Phi) is 5.14. The van der Waals surface area contributed by atoms with E-state index in [1.165, 1.54) is 31.4 Å². The summed E-state index contributed by atoms with van der Waals surface area (Å²) >= 11 is 0. The first-order valence-corrected chi connectivity index (χ1v) is 11.0. The van der Waals surface area contributed by atoms with Crippen LogP contribution >= 0.6 is 0 Å². The Morgan fingerprint density at radius 2 is 1.57 bits per heavy atom. The van der Waals surface area contributed by atoms with Crippen LogP contribution in [0.5, 0.6) is 0 Å². The molecule has 3 heteroatoms. The number of benzene rings is 3. The second-order valence-electron chi connectivity index (χ2n) is 8.70. The van der Waals surface area contributed by atoms with Gasteiger partial charge in [-0.05, 0) is 72.7 Å². The Labute approximate surface area is 178 Å². The van der Waals surface area contributed by atoms with E-state index < -0.39 is 0 Å². The summed E-state index contributed by atoms with van der Waals surface area (Å²) in [6, 6.07) is 27.2. The third-order valence-corrected chi connectivity index (χ3v) is 6.41. The highest BCUT2D eigenvalue weighted by atomic mass is 16.2. The standard InChI is InChI=1S/C27H28N2O/c1-29(27(30)23-11-9-21(10-12-23)20-5-3-2-4-6-20)24-15-13-22(14-16-24)25-17-26(25)28-18-19-7-8-19/h2-6,9-16,19,25-26,28H,7-8,17-18H2,1H3. The highest BCUT2D eigenvalue weighted by Gasteiger charge is 2.38. The van der Waals surface area contributed by atoms with Crippen LogP contribution < -0.4 is 10.2 Å². The minimum atomic E-state index is 0.0118. The number of hydrogen-bond acceptors (Lipinski definition) is 2. The second kappa shape index (κ2) is 8.08. The van der Waals surface area contributed by atoms with E-state index in [0.717, 1.165) is 22.7 Å². The molecule has 0 spiro atoms. The van der Waals surface area contributed by atoms with Gasteiger partial charge in [0.1, 0.15) is 0 Å². The Morgan fingerprint density at radius 3 is 2.23 bits per heavy atom. The lowest BCUT2D eigenvalue weighted by molar-refractivity contribution is 0.0993. The predicted octanol–water partition coefficient (Wildman–Crippen LogP) is 5.49. The lowest BCUT2D eigenvalue weighted by Crippen LogP contribution is -2.26. The van der Waals surface area contributed by atoms with Crippen molar-refractivity contribution in [3.8, 4) is 11.1 Å². The summed E-state index contributed by atoms with van der Waals surface area (Å²) in [7, 11) is 1.85. The fourth-order valence-electron chi connectivity index (χ4n) is 4.12. The quantitative estimate of drug-likeness (QED) is 0.573. The van der Waals surface area contributed by atoms with Gasteiger partial charge in [0.2, 0.25) is 0 Å². The molecule has 0 radical (unpaired) electrons. The van der Waals surface area contributed by atoms with E-state index in [1.54, 1.807) is 4.90 Å². The molecule has 2 atom stereocenters. The van der Waals surface area contributed by atoms with Crippen molar-refractivity contribution in [1.82, 2.24) is 5.32 Å². The molecular weight excluding hydrogens is 368 g/mol. The Morgan fingerprint density at radius 1 is 0.900 bits per heavy atom. The van der Waals surface area contributed by atoms with E-state index in [4.69, 9.17) is 0 Å². The van der Waals surface area contributed by atoms with Gasteiger partial charge in [-0.15, -0.1) is 0 Å². The van der Waals surface area contributed by atoms with Gasteiger partial charge in [0.15, 0.2) is 0 Å². The molecule has 3 nitrogen and oxygen atoms in total. The number of carbonyl (C=O) groups is 1. The molecule has 0 saturated heterocycles. The van der Waals surface area contributed by atoms with Gasteiger partial charge in [0.25, 0.3) is 5.91 Å². The topological polar surface area (TPSA) is 32.3 Å². The zero-order valence-electron chi connectivity index (χ0n) is 17.4. The van der Waals surface area contributed by atoms with Crippen LogP contribution in [0.4, 0.5) is 5.69 Å². The molecular formula is C27H28N2O. The fourth-order valence-corrected chi connectivity index (χ4v) is 4.12. The number of nitrogens with zero attached hydrogens (tertiary/aromatic N) is 1. The Hall–Kier alpha value is -2.91. The second-order valence-corrected chi connectivity index (χ2v) is 8.70. The third-order valence-electron chi connectivity index (χ3n) is 6.41. The molecule has 3 aromatic rings. The van der Waals surface area contributed by atoms with Crippen molar-refractivity contribution < 1.29 is 4.79 Å². The van der Waals surface area contributed by atoms with Crippen molar-refractivity contribution in [1.29, 1.82) is 0 Å². The molecule has 2 unspecified atom stereocenters. The monoisotopic (exact) mass is 396 g/mol. The van der Waals surface area contributed by atoms with Crippen molar-refractivity contribution in [2.24, 2.45) is 5.92 Å². The number of anilines is 1. The molecule has 5 rings (SSSR count). The first-order chi connectivity index (χ1) is 14.7. The van der Waals surface area contributed by atoms with Crippen LogP contribution in [0.2, 0.25) is 0 Å². The first-order valence-electron chi connectivity index (χ1n) is 11.0. The van der Waals surface area contributed by atoms with Crippen molar-refractivity contribution in [3.05, 3.63) is 90.0 Å². The molecule has 1 N–H and O–H groups in total. The maximum absolute atomic E-state index is 12.9. The summed E-state index contributed by atoms with van der Waals surface area (Å²) < 4.78 is 0. The summed E-state index contributed by atoms with van der Waals surface area (Å²) in [4.78, 5) is 14.7. The van der Waals surface area contributed by atoms with Crippen LogP contribution in [0.3, 0.4) is 0 Å². The molecule has 2 fully saturated rings. The molecule has 2 aliphatic rings. The summed E-state index contributed by atoms with van der Waals surface area (Å²) in [5.41, 5.74) is 5.28. The molecule has 152 valence electrons. The molecule has 0 bridgehead atoms. The SMILES string of the molecule is CN(C(=O)c1ccc(-c2ccccc2)cc1)c1ccc(C2CC2NCC2CC2)cc1. The number of hydrogen-bond donors (Lipinski definition) is 1. The number of carbonyl (C=O) groups excluding carboxylic acids is 1. The Balaban J connectivity index is 1.22. The molecule has 0 aliphatic heterocycles. The van der Waals surface area contributed by atoms with Crippen LogP contribution in [-0.4, -0.2) is 25.5 Å². The minimum absolute atomic E-state index is 0.0118. The Bertz CT molecular complexity index is 1010. The molecule has 0 heterocycles. The molecule has 30 heavy (non-hydrogen) atoms. The third kappa shape index (κ3) is 4.17. The predicted molar refractivity (Wildman–Crippen MR) is 123 cm³/mol. The lowest BCUT2D eigenvalue weighted by atomic mass is 10.0. The molecule has 3 aromatic carbocycles. The summed E-state index contributed by atoms with van der Waals surface area (Å²) in [5, 5.41) is 3.70. The van der Waals surface area contributed by atoms with Crippen LogP contribution in [0.1, 0.15) is 41.1 Å². The molecule has 1 amide bonds. The van der Waals surface area contributed by atoms with Crippen LogP contribution in [-0.2, 0) is 0 Å². The average Bonchev–Trinajstić information content (AvgIpc) is 3.73. The van der Waals surface area contributed by atoms with E-state index >= 15 is 0 Å². The summed E-state index contributed by atoms with van der Waals surface area (Å²) in [6.07, 6.45) is 4.03. The normalized spacial score (nSPS) is 20.0. The highest BCUT2D eigenvalue weighted by Crippen LogP contribution is 2.42. The van der Waals surface area contributed by atoms with Crippen molar-refractivity contribution in [3.63, 3.8) is 0 Å². The maximum Gasteiger partial charge on any atom is 0.258 e. The van der Waals surface area contributed by atoms with Gasteiger partial charge >= 0.3 is 0 Å². The van der Waals surface area contributed by atoms with E-state index in [-0.39, 0.29) is 5.91 Å². The summed E-state index contributed by atoms with van der Waals surface area (Å²) in [5.74, 6) is 1.57. The number of amides is 1. The first kappa shape index (κ1) is 19.1. The van der Waals surface area contributed by atoms with Crippen LogP contribution in [0, 0.1) is 5.92 Å². The smallest absolute Gasteiger partial charge is 0.258 e. The van der Waals surface area contributed by atoms with Gasteiger partial charge in [-0.25, -0.2) is 0 Å². The zero-order chi connectivity index (χ0) is 20.5. The van der Waals surface area contributed by atoms with Crippen molar-refractivity contribution in [2.45, 2.75) is 31.2 Å². The van der Waals surface area contributed by atoms with Gasteiger partial charge in [-0.2, -0.15) is 0 Å². The van der Waals surface area contributed by atoms with Crippen LogP contribution in [0.15, 0.2) is 78.9 Å². The summed E-state index contributed by atoms with van der Waals surface area (Å²) in [6.45, 7) is 1.18. The molecule has 2 aliphatic carbocycles. The average molecular weight is 397 g/mol. The molecule has 0 aromatic heterocycles. The van der Waals surface area contributed by atoms with Crippen molar-refractivity contribution in [2.75, 3.05) is 18.5 Å². The highest BCUT2D eigenvalue weighted by molar-refractivity contribution is 6.05. The van der Waals surface area contributed by atoms with Crippen LogP contribution in [0.25, 0.3) is 11.1 Å². The lowest BCUT2D eigenvalue weighted by Gasteiger charge is -2.18. The van der Waals surface area contributed by atoms with E-state index in [0.29, 0.717) is 17.5 Å². The van der Waals surface area contributed by atoms with Gasteiger partial charge in [-0.3, -0.25) is 4.79 Å². The van der Waals surface area contributed by atoms with Gasteiger partial charge in [0, 0.05) is 30.3 Å². The van der Waals surface area contributed by atoms with Gasteiger partial charge < -0.3 is 10.2 Å². The van der Waals surface area contributed by atoms with E-state index in [2.05, 4.69) is 41.7 Å². The number of nitrogens with one attached hydrogen (secondary N) is 1. The zero-order valence-corrected chi connectivity index (χ0v) is 17.4. The van der Waals surface area contributed by atoms with Gasteiger partial charge in [-0.1, -0.05) is 54.6 Å². The fraction of sp³-hybridized carbons (Fsp3) is 0.296. The molecule has 2 saturated carbocycles. The minimum Gasteiger partial charge on any atom is -0.313 e. The van der Waals surface area contributed by atoms with Crippen molar-refractivity contribution >= 4 is 11.6 Å². The van der Waals surface area contributed by atoms with E-state index in [1.807, 2.05) is 49.5 Å². The largest absolute Gasteiger partial charge is 0.313 e.